The molecular formula is C20H33IN4O3. The van der Waals surface area contributed by atoms with Crippen molar-refractivity contribution in [2.75, 3.05) is 53.0 Å². The van der Waals surface area contributed by atoms with Gasteiger partial charge in [-0.3, -0.25) is 4.99 Å². The summed E-state index contributed by atoms with van der Waals surface area (Å²) in [5, 5.41) is 3.42. The van der Waals surface area contributed by atoms with Crippen molar-refractivity contribution in [3.05, 3.63) is 35.9 Å². The monoisotopic (exact) mass is 504 g/mol. The first kappa shape index (κ1) is 24.5. The van der Waals surface area contributed by atoms with Gasteiger partial charge in [0.2, 0.25) is 0 Å². The van der Waals surface area contributed by atoms with Crippen LogP contribution in [0.4, 0.5) is 4.79 Å². The van der Waals surface area contributed by atoms with E-state index in [0.29, 0.717) is 38.8 Å². The maximum atomic E-state index is 11.8. The number of aliphatic imine (C=N–C) groups is 1. The number of ether oxygens (including phenoxy) is 2. The van der Waals surface area contributed by atoms with Crippen molar-refractivity contribution in [1.82, 2.24) is 15.1 Å². The summed E-state index contributed by atoms with van der Waals surface area (Å²) < 4.78 is 10.9. The van der Waals surface area contributed by atoms with Crippen molar-refractivity contribution in [1.29, 1.82) is 0 Å². The molecule has 0 saturated carbocycles. The van der Waals surface area contributed by atoms with Gasteiger partial charge in [0.15, 0.2) is 5.96 Å². The van der Waals surface area contributed by atoms with Crippen LogP contribution in [0.3, 0.4) is 0 Å². The third-order valence-corrected chi connectivity index (χ3v) is 4.44. The molecule has 1 unspecified atom stereocenters. The lowest BCUT2D eigenvalue weighted by atomic mass is 10.2. The number of rotatable bonds is 7. The minimum absolute atomic E-state index is 0. The maximum absolute atomic E-state index is 11.8. The molecule has 1 fully saturated rings. The van der Waals surface area contributed by atoms with Crippen LogP contribution in [-0.2, 0) is 16.1 Å². The molecule has 0 bridgehead atoms. The molecule has 0 radical (unpaired) electrons. The summed E-state index contributed by atoms with van der Waals surface area (Å²) >= 11 is 0. The number of piperazine rings is 1. The molecule has 0 aromatic heterocycles. The number of hydrogen-bond donors (Lipinski definition) is 1. The molecule has 1 amide bonds. The first-order valence-electron chi connectivity index (χ1n) is 9.63. The Morgan fingerprint density at radius 3 is 2.43 bits per heavy atom. The van der Waals surface area contributed by atoms with Crippen molar-refractivity contribution in [3.8, 4) is 0 Å². The molecule has 1 aliphatic heterocycles. The summed E-state index contributed by atoms with van der Waals surface area (Å²) in [5.41, 5.74) is 1.19. The zero-order valence-electron chi connectivity index (χ0n) is 17.1. The molecule has 1 aliphatic rings. The van der Waals surface area contributed by atoms with Crippen LogP contribution in [0, 0.1) is 5.92 Å². The highest BCUT2D eigenvalue weighted by atomic mass is 127. The molecule has 1 N–H and O–H groups in total. The van der Waals surface area contributed by atoms with Gasteiger partial charge in [-0.15, -0.1) is 24.0 Å². The molecule has 0 spiro atoms. The molecule has 28 heavy (non-hydrogen) atoms. The van der Waals surface area contributed by atoms with Gasteiger partial charge in [-0.05, 0) is 18.4 Å². The lowest BCUT2D eigenvalue weighted by Crippen LogP contribution is -2.54. The Morgan fingerprint density at radius 2 is 1.82 bits per heavy atom. The molecule has 1 aromatic rings. The number of amides is 1. The van der Waals surface area contributed by atoms with Gasteiger partial charge in [0.05, 0.1) is 19.8 Å². The fourth-order valence-electron chi connectivity index (χ4n) is 2.92. The SMILES string of the molecule is CCOC(=O)N1CCN(C(=NC)NCC(C)COCc2ccccc2)CC1.I. The number of nitrogens with one attached hydrogen (secondary N) is 1. The Hall–Kier alpha value is -1.55. The van der Waals surface area contributed by atoms with Gasteiger partial charge in [0.25, 0.3) is 0 Å². The van der Waals surface area contributed by atoms with Crippen LogP contribution >= 0.6 is 24.0 Å². The molecule has 158 valence electrons. The van der Waals surface area contributed by atoms with Crippen molar-refractivity contribution in [2.45, 2.75) is 20.5 Å². The second-order valence-electron chi connectivity index (χ2n) is 6.71. The van der Waals surface area contributed by atoms with E-state index in [1.54, 1.807) is 11.9 Å². The smallest absolute Gasteiger partial charge is 0.409 e. The topological polar surface area (TPSA) is 66.4 Å². The number of carbonyl (C=O) groups excluding carboxylic acids is 1. The van der Waals surface area contributed by atoms with Crippen LogP contribution in [0.1, 0.15) is 19.4 Å². The molecule has 1 atom stereocenters. The number of halogens is 1. The van der Waals surface area contributed by atoms with Crippen LogP contribution in [0.5, 0.6) is 0 Å². The van der Waals surface area contributed by atoms with E-state index in [4.69, 9.17) is 9.47 Å². The van der Waals surface area contributed by atoms with E-state index < -0.39 is 0 Å². The summed E-state index contributed by atoms with van der Waals surface area (Å²) in [6.07, 6.45) is -0.232. The van der Waals surface area contributed by atoms with E-state index in [9.17, 15) is 4.79 Å². The average Bonchev–Trinajstić information content (AvgIpc) is 2.70. The van der Waals surface area contributed by atoms with E-state index in [1.165, 1.54) is 5.56 Å². The van der Waals surface area contributed by atoms with E-state index in [1.807, 2.05) is 25.1 Å². The van der Waals surface area contributed by atoms with Gasteiger partial charge >= 0.3 is 6.09 Å². The van der Waals surface area contributed by atoms with Gasteiger partial charge in [-0.2, -0.15) is 0 Å². The minimum atomic E-state index is -0.232. The lowest BCUT2D eigenvalue weighted by Gasteiger charge is -2.36. The van der Waals surface area contributed by atoms with E-state index in [2.05, 4.69) is 34.3 Å². The van der Waals surface area contributed by atoms with Gasteiger partial charge in [-0.25, -0.2) is 4.79 Å². The predicted octanol–water partition coefficient (Wildman–Crippen LogP) is 2.81. The zero-order chi connectivity index (χ0) is 19.5. The Bertz CT molecular complexity index is 592. The first-order chi connectivity index (χ1) is 13.1. The van der Waals surface area contributed by atoms with Crippen LogP contribution < -0.4 is 5.32 Å². The second kappa shape index (κ2) is 13.6. The number of hydrogen-bond acceptors (Lipinski definition) is 4. The van der Waals surface area contributed by atoms with Crippen molar-refractivity contribution < 1.29 is 14.3 Å². The maximum Gasteiger partial charge on any atom is 0.409 e. The Morgan fingerprint density at radius 1 is 1.18 bits per heavy atom. The summed E-state index contributed by atoms with van der Waals surface area (Å²) in [6.45, 7) is 9.30. The Labute approximate surface area is 185 Å². The highest BCUT2D eigenvalue weighted by Crippen LogP contribution is 2.06. The largest absolute Gasteiger partial charge is 0.450 e. The average molecular weight is 504 g/mol. The molecule has 7 nitrogen and oxygen atoms in total. The Kier molecular flexibility index (Phi) is 11.9. The number of benzene rings is 1. The fourth-order valence-corrected chi connectivity index (χ4v) is 2.92. The summed E-state index contributed by atoms with van der Waals surface area (Å²) in [4.78, 5) is 20.1. The van der Waals surface area contributed by atoms with E-state index in [-0.39, 0.29) is 30.1 Å². The number of nitrogens with zero attached hydrogens (tertiary/aromatic N) is 3. The normalized spacial score (nSPS) is 15.6. The van der Waals surface area contributed by atoms with Crippen LogP contribution in [0.15, 0.2) is 35.3 Å². The third-order valence-electron chi connectivity index (χ3n) is 4.44. The fraction of sp³-hybridized carbons (Fsp3) is 0.600. The molecule has 2 rings (SSSR count). The highest BCUT2D eigenvalue weighted by molar-refractivity contribution is 14.0. The first-order valence-corrected chi connectivity index (χ1v) is 9.63. The third kappa shape index (κ3) is 8.22. The quantitative estimate of drug-likeness (QED) is 0.352. The molecule has 1 heterocycles. The molecule has 1 aromatic carbocycles. The minimum Gasteiger partial charge on any atom is -0.450 e. The van der Waals surface area contributed by atoms with Crippen molar-refractivity contribution in [3.63, 3.8) is 0 Å². The number of guanidine groups is 1. The van der Waals surface area contributed by atoms with E-state index in [0.717, 1.165) is 25.6 Å². The van der Waals surface area contributed by atoms with E-state index >= 15 is 0 Å². The highest BCUT2D eigenvalue weighted by Gasteiger charge is 2.23. The molecule has 1 saturated heterocycles. The van der Waals surface area contributed by atoms with Crippen molar-refractivity contribution >= 4 is 36.0 Å². The van der Waals surface area contributed by atoms with Gasteiger partial charge in [0.1, 0.15) is 0 Å². The molecule has 0 aliphatic carbocycles. The molecule has 8 heteroatoms. The van der Waals surface area contributed by atoms with Crippen molar-refractivity contribution in [2.24, 2.45) is 10.9 Å². The summed E-state index contributed by atoms with van der Waals surface area (Å²) in [7, 11) is 1.79. The Balaban J connectivity index is 0.00000392. The van der Waals surface area contributed by atoms with Gasteiger partial charge in [-0.1, -0.05) is 37.3 Å². The van der Waals surface area contributed by atoms with Gasteiger partial charge in [0, 0.05) is 39.8 Å². The summed E-state index contributed by atoms with van der Waals surface area (Å²) in [6, 6.07) is 10.2. The van der Waals surface area contributed by atoms with Crippen LogP contribution in [0.25, 0.3) is 0 Å². The van der Waals surface area contributed by atoms with Crippen LogP contribution in [0.2, 0.25) is 0 Å². The number of carbonyl (C=O) groups is 1. The zero-order valence-corrected chi connectivity index (χ0v) is 19.4. The van der Waals surface area contributed by atoms with Crippen LogP contribution in [-0.4, -0.2) is 74.8 Å². The second-order valence-corrected chi connectivity index (χ2v) is 6.71. The van der Waals surface area contributed by atoms with Gasteiger partial charge < -0.3 is 24.6 Å². The lowest BCUT2D eigenvalue weighted by molar-refractivity contribution is 0.0892. The summed E-state index contributed by atoms with van der Waals surface area (Å²) in [5.74, 6) is 1.24. The molecular weight excluding hydrogens is 471 g/mol. The predicted molar refractivity (Wildman–Crippen MR) is 122 cm³/mol. The standard InChI is InChI=1S/C20H32N4O3.HI/c1-4-27-20(25)24-12-10-23(11-13-24)19(21-3)22-14-17(2)15-26-16-18-8-6-5-7-9-18;/h5-9,17H,4,10-16H2,1-3H3,(H,21,22);1H.